The molecule has 1 aromatic carbocycles. The monoisotopic (exact) mass is 564 g/mol. The van der Waals surface area contributed by atoms with E-state index >= 15 is 0 Å². The number of piperidine rings is 1. The van der Waals surface area contributed by atoms with E-state index in [-0.39, 0.29) is 36.8 Å². The molecule has 39 heavy (non-hydrogen) atoms. The minimum atomic E-state index is -4.76. The Balaban J connectivity index is 1.68. The first-order valence-electron chi connectivity index (χ1n) is 12.1. The summed E-state index contributed by atoms with van der Waals surface area (Å²) in [5.41, 5.74) is -2.01. The van der Waals surface area contributed by atoms with E-state index in [1.807, 2.05) is 0 Å². The number of aliphatic hydroxyl groups is 1. The summed E-state index contributed by atoms with van der Waals surface area (Å²) < 4.78 is 70.1. The van der Waals surface area contributed by atoms with Gasteiger partial charge in [0.2, 0.25) is 0 Å². The summed E-state index contributed by atoms with van der Waals surface area (Å²) in [6, 6.07) is 12.1. The first-order valence-corrected chi connectivity index (χ1v) is 13.6. The molecule has 1 unspecified atom stereocenters. The van der Waals surface area contributed by atoms with E-state index in [1.54, 1.807) is 30.0 Å². The Bertz CT molecular complexity index is 1480. The summed E-state index contributed by atoms with van der Waals surface area (Å²) in [6.45, 7) is 1.96. The van der Waals surface area contributed by atoms with Gasteiger partial charge in [-0.15, -0.1) is 0 Å². The molecule has 13 heteroatoms. The van der Waals surface area contributed by atoms with Crippen LogP contribution >= 0.6 is 0 Å². The van der Waals surface area contributed by atoms with Crippen molar-refractivity contribution < 1.29 is 36.6 Å². The summed E-state index contributed by atoms with van der Waals surface area (Å²) >= 11 is 0. The van der Waals surface area contributed by atoms with Crippen LogP contribution in [0.3, 0.4) is 0 Å². The SMILES string of the molecule is CC1(C(=O)O)CCCN(c2cccc(S(=O)(=O)Nc3ccc(C(F)(F)F)c(-c4ccccc4CCO)n3)n2)C1. The molecule has 3 heterocycles. The van der Waals surface area contributed by atoms with Gasteiger partial charge in [-0.05, 0) is 56.0 Å². The van der Waals surface area contributed by atoms with Crippen molar-refractivity contribution in [3.63, 3.8) is 0 Å². The van der Waals surface area contributed by atoms with E-state index < -0.39 is 43.9 Å². The second kappa shape index (κ2) is 10.8. The second-order valence-electron chi connectivity index (χ2n) is 9.55. The minimum Gasteiger partial charge on any atom is -0.481 e. The van der Waals surface area contributed by atoms with Crippen LogP contribution in [0, 0.1) is 5.41 Å². The number of anilines is 2. The summed E-state index contributed by atoms with van der Waals surface area (Å²) in [5.74, 6) is -1.04. The van der Waals surface area contributed by atoms with Crippen molar-refractivity contribution in [1.29, 1.82) is 0 Å². The fraction of sp³-hybridized carbons (Fsp3) is 0.346. The highest BCUT2D eigenvalue weighted by Crippen LogP contribution is 2.38. The molecule has 0 aliphatic carbocycles. The van der Waals surface area contributed by atoms with Gasteiger partial charge in [-0.2, -0.15) is 21.6 Å². The summed E-state index contributed by atoms with van der Waals surface area (Å²) in [6.07, 6.45) is -3.63. The predicted octanol–water partition coefficient (Wildman–Crippen LogP) is 4.19. The van der Waals surface area contributed by atoms with E-state index in [0.717, 1.165) is 12.1 Å². The van der Waals surface area contributed by atoms with Crippen LogP contribution in [-0.2, 0) is 27.4 Å². The van der Waals surface area contributed by atoms with Crippen molar-refractivity contribution in [2.45, 2.75) is 37.4 Å². The van der Waals surface area contributed by atoms with Crippen LogP contribution in [0.5, 0.6) is 0 Å². The molecule has 208 valence electrons. The van der Waals surface area contributed by atoms with Crippen molar-refractivity contribution in [2.24, 2.45) is 5.41 Å². The number of aliphatic hydroxyl groups excluding tert-OH is 1. The van der Waals surface area contributed by atoms with Crippen LogP contribution in [0.2, 0.25) is 0 Å². The Hall–Kier alpha value is -3.71. The smallest absolute Gasteiger partial charge is 0.418 e. The number of benzene rings is 1. The number of carbonyl (C=O) groups is 1. The molecule has 0 bridgehead atoms. The number of hydrogen-bond donors (Lipinski definition) is 3. The molecule has 1 fully saturated rings. The van der Waals surface area contributed by atoms with E-state index in [0.29, 0.717) is 24.9 Å². The number of halogens is 3. The second-order valence-corrected chi connectivity index (χ2v) is 11.2. The van der Waals surface area contributed by atoms with Crippen molar-refractivity contribution in [3.05, 3.63) is 65.7 Å². The van der Waals surface area contributed by atoms with Crippen molar-refractivity contribution in [3.8, 4) is 11.3 Å². The average Bonchev–Trinajstić information content (AvgIpc) is 2.88. The molecule has 1 aliphatic rings. The fourth-order valence-corrected chi connectivity index (χ4v) is 5.53. The molecule has 1 saturated heterocycles. The average molecular weight is 565 g/mol. The molecular weight excluding hydrogens is 537 g/mol. The normalized spacial score (nSPS) is 18.1. The van der Waals surface area contributed by atoms with Gasteiger partial charge in [0.15, 0.2) is 5.03 Å². The lowest BCUT2D eigenvalue weighted by Crippen LogP contribution is -2.46. The van der Waals surface area contributed by atoms with Crippen LogP contribution in [-0.4, -0.2) is 54.3 Å². The van der Waals surface area contributed by atoms with Gasteiger partial charge in [-0.1, -0.05) is 30.3 Å². The Morgan fingerprint density at radius 1 is 1.10 bits per heavy atom. The molecule has 1 aliphatic heterocycles. The zero-order valence-electron chi connectivity index (χ0n) is 20.9. The molecule has 2 aromatic heterocycles. The summed E-state index contributed by atoms with van der Waals surface area (Å²) in [4.78, 5) is 21.6. The maximum atomic E-state index is 13.8. The molecular formula is C26H27F3N4O5S. The van der Waals surface area contributed by atoms with Crippen LogP contribution in [0.25, 0.3) is 11.3 Å². The molecule has 1 atom stereocenters. The highest BCUT2D eigenvalue weighted by molar-refractivity contribution is 7.92. The minimum absolute atomic E-state index is 0.0826. The van der Waals surface area contributed by atoms with E-state index in [1.165, 1.54) is 24.3 Å². The third-order valence-electron chi connectivity index (χ3n) is 6.61. The number of sulfonamides is 1. The van der Waals surface area contributed by atoms with E-state index in [9.17, 15) is 36.6 Å². The Morgan fingerprint density at radius 3 is 2.54 bits per heavy atom. The number of carboxylic acids is 1. The number of hydrogen-bond acceptors (Lipinski definition) is 7. The number of nitrogens with one attached hydrogen (secondary N) is 1. The third-order valence-corrected chi connectivity index (χ3v) is 7.87. The van der Waals surface area contributed by atoms with Crippen molar-refractivity contribution in [1.82, 2.24) is 9.97 Å². The zero-order valence-corrected chi connectivity index (χ0v) is 21.8. The van der Waals surface area contributed by atoms with Gasteiger partial charge in [-0.25, -0.2) is 9.97 Å². The standard InChI is InChI=1S/C26H27F3N4O5S/c1-25(24(35)36)13-5-14-33(16-25)21-8-4-9-22(31-21)39(37,38)32-20-11-10-19(26(27,28)29)23(30-20)18-7-3-2-6-17(18)12-15-34/h2-4,6-11,34H,5,12-16H2,1H3,(H,30,32)(H,35,36). The van der Waals surface area contributed by atoms with Crippen LogP contribution in [0.4, 0.5) is 24.8 Å². The number of pyridine rings is 2. The maximum Gasteiger partial charge on any atom is 0.418 e. The van der Waals surface area contributed by atoms with Gasteiger partial charge in [0.25, 0.3) is 10.0 Å². The zero-order chi connectivity index (χ0) is 28.4. The Labute approximate surface area is 223 Å². The quantitative estimate of drug-likeness (QED) is 0.371. The molecule has 0 spiro atoms. The number of aromatic nitrogens is 2. The summed E-state index contributed by atoms with van der Waals surface area (Å²) in [5, 5.41) is 18.5. The van der Waals surface area contributed by atoms with Gasteiger partial charge >= 0.3 is 12.1 Å². The first kappa shape index (κ1) is 28.3. The number of nitrogens with zero attached hydrogens (tertiary/aromatic N) is 3. The van der Waals surface area contributed by atoms with Crippen molar-refractivity contribution in [2.75, 3.05) is 29.3 Å². The lowest BCUT2D eigenvalue weighted by atomic mass is 9.82. The van der Waals surface area contributed by atoms with Gasteiger partial charge in [-0.3, -0.25) is 9.52 Å². The highest BCUT2D eigenvalue weighted by Gasteiger charge is 2.39. The van der Waals surface area contributed by atoms with Crippen LogP contribution < -0.4 is 9.62 Å². The molecule has 3 N–H and O–H groups in total. The number of rotatable bonds is 8. The van der Waals surface area contributed by atoms with Crippen LogP contribution in [0.1, 0.15) is 30.9 Å². The van der Waals surface area contributed by atoms with Crippen molar-refractivity contribution >= 4 is 27.6 Å². The highest BCUT2D eigenvalue weighted by atomic mass is 32.2. The predicted molar refractivity (Wildman–Crippen MR) is 138 cm³/mol. The Kier molecular flexibility index (Phi) is 7.84. The van der Waals surface area contributed by atoms with Gasteiger partial charge < -0.3 is 15.1 Å². The number of aliphatic carboxylic acids is 1. The van der Waals surface area contributed by atoms with E-state index in [2.05, 4.69) is 14.7 Å². The molecule has 3 aromatic rings. The largest absolute Gasteiger partial charge is 0.481 e. The van der Waals surface area contributed by atoms with Gasteiger partial charge in [0.05, 0.1) is 16.7 Å². The maximum absolute atomic E-state index is 13.8. The topological polar surface area (TPSA) is 133 Å². The van der Waals surface area contributed by atoms with Gasteiger partial charge in [0, 0.05) is 25.3 Å². The fourth-order valence-electron chi connectivity index (χ4n) is 4.57. The molecule has 0 radical (unpaired) electrons. The Morgan fingerprint density at radius 2 is 1.85 bits per heavy atom. The lowest BCUT2D eigenvalue weighted by Gasteiger charge is -2.38. The molecule has 0 saturated carbocycles. The van der Waals surface area contributed by atoms with Crippen LogP contribution in [0.15, 0.2) is 59.6 Å². The number of carboxylic acid groups (broad SMARTS) is 1. The number of alkyl halides is 3. The summed E-state index contributed by atoms with van der Waals surface area (Å²) in [7, 11) is -4.38. The van der Waals surface area contributed by atoms with Gasteiger partial charge in [0.1, 0.15) is 11.6 Å². The molecule has 0 amide bonds. The molecule has 9 nitrogen and oxygen atoms in total. The first-order chi connectivity index (χ1) is 18.3. The van der Waals surface area contributed by atoms with E-state index in [4.69, 9.17) is 0 Å². The molecule has 4 rings (SSSR count). The third kappa shape index (κ3) is 6.14. The lowest BCUT2D eigenvalue weighted by molar-refractivity contribution is -0.148.